The van der Waals surface area contributed by atoms with Crippen LogP contribution in [0.25, 0.3) is 0 Å². The number of carbonyl (C=O) groups excluding carboxylic acids is 1. The van der Waals surface area contributed by atoms with Crippen LogP contribution in [0.4, 0.5) is 0 Å². The van der Waals surface area contributed by atoms with Crippen molar-refractivity contribution in [2.75, 3.05) is 6.54 Å². The minimum atomic E-state index is -0.168. The molecule has 1 fully saturated rings. The van der Waals surface area contributed by atoms with E-state index in [1.807, 2.05) is 0 Å². The number of rotatable bonds is 3. The van der Waals surface area contributed by atoms with Gasteiger partial charge in [0.1, 0.15) is 0 Å². The number of amides is 1. The summed E-state index contributed by atoms with van der Waals surface area (Å²) < 4.78 is 4.89. The zero-order valence-electron chi connectivity index (χ0n) is 9.20. The summed E-state index contributed by atoms with van der Waals surface area (Å²) in [5, 5.41) is 6.57. The van der Waals surface area contributed by atoms with Crippen LogP contribution < -0.4 is 5.32 Å². The monoisotopic (exact) mass is 286 g/mol. The summed E-state index contributed by atoms with van der Waals surface area (Å²) in [5.41, 5.74) is 0.728. The average Bonchev–Trinajstić information content (AvgIpc) is 2.84. The van der Waals surface area contributed by atoms with Crippen molar-refractivity contribution >= 4 is 21.8 Å². The Kier molecular flexibility index (Phi) is 3.63. The molecule has 16 heavy (non-hydrogen) atoms. The normalized spacial score (nSPS) is 24.6. The van der Waals surface area contributed by atoms with Gasteiger partial charge in [-0.3, -0.25) is 4.79 Å². The van der Waals surface area contributed by atoms with E-state index in [9.17, 15) is 4.79 Å². The van der Waals surface area contributed by atoms with E-state index in [0.29, 0.717) is 16.5 Å². The largest absolute Gasteiger partial charge is 0.351 e. The lowest BCUT2D eigenvalue weighted by Gasteiger charge is -2.09. The van der Waals surface area contributed by atoms with Crippen LogP contribution >= 0.6 is 15.9 Å². The van der Waals surface area contributed by atoms with E-state index < -0.39 is 0 Å². The molecule has 1 aromatic rings. The maximum atomic E-state index is 11.6. The van der Waals surface area contributed by atoms with Crippen LogP contribution in [-0.4, -0.2) is 22.4 Å². The van der Waals surface area contributed by atoms with Crippen molar-refractivity contribution in [1.82, 2.24) is 10.5 Å². The second kappa shape index (κ2) is 4.99. The van der Waals surface area contributed by atoms with Crippen LogP contribution in [0.5, 0.6) is 0 Å². The van der Waals surface area contributed by atoms with Gasteiger partial charge in [0.05, 0.1) is 5.69 Å². The molecule has 1 heterocycles. The Morgan fingerprint density at radius 1 is 1.69 bits per heavy atom. The quantitative estimate of drug-likeness (QED) is 0.868. The Bertz CT molecular complexity index is 378. The number of alkyl halides is 1. The topological polar surface area (TPSA) is 55.1 Å². The fourth-order valence-corrected chi connectivity index (χ4v) is 2.79. The van der Waals surface area contributed by atoms with Gasteiger partial charge >= 0.3 is 0 Å². The van der Waals surface area contributed by atoms with Crippen LogP contribution in [0.3, 0.4) is 0 Å². The molecular formula is C11H15BrN2O2. The highest BCUT2D eigenvalue weighted by molar-refractivity contribution is 9.09. The first kappa shape index (κ1) is 11.6. The predicted molar refractivity (Wildman–Crippen MR) is 63.6 cm³/mol. The predicted octanol–water partition coefficient (Wildman–Crippen LogP) is 2.28. The first-order valence-corrected chi connectivity index (χ1v) is 6.42. The first-order valence-electron chi connectivity index (χ1n) is 5.50. The maximum absolute atomic E-state index is 11.6. The molecule has 1 aliphatic carbocycles. The van der Waals surface area contributed by atoms with Gasteiger partial charge in [0.2, 0.25) is 5.76 Å². The van der Waals surface area contributed by atoms with E-state index in [1.165, 1.54) is 12.8 Å². The molecule has 0 aliphatic heterocycles. The molecule has 1 saturated carbocycles. The number of halogens is 1. The number of carbonyl (C=O) groups is 1. The molecule has 0 bridgehead atoms. The van der Waals surface area contributed by atoms with E-state index >= 15 is 0 Å². The molecule has 88 valence electrons. The van der Waals surface area contributed by atoms with Gasteiger partial charge in [-0.15, -0.1) is 0 Å². The van der Waals surface area contributed by atoms with Crippen LogP contribution in [0.2, 0.25) is 0 Å². The Balaban J connectivity index is 1.80. The molecule has 2 unspecified atom stereocenters. The third-order valence-electron chi connectivity index (χ3n) is 2.88. The molecule has 1 N–H and O–H groups in total. The Morgan fingerprint density at radius 3 is 3.06 bits per heavy atom. The summed E-state index contributed by atoms with van der Waals surface area (Å²) in [6.07, 6.45) is 3.50. The molecule has 2 atom stereocenters. The number of hydrogen-bond acceptors (Lipinski definition) is 3. The fourth-order valence-electron chi connectivity index (χ4n) is 1.99. The zero-order valence-corrected chi connectivity index (χ0v) is 10.8. The molecule has 2 rings (SSSR count). The van der Waals surface area contributed by atoms with Crippen LogP contribution in [-0.2, 0) is 0 Å². The SMILES string of the molecule is Cc1cc(C(=O)NCC2CCC(Br)C2)on1. The first-order chi connectivity index (χ1) is 7.65. The van der Waals surface area contributed by atoms with Gasteiger partial charge in [-0.1, -0.05) is 21.1 Å². The van der Waals surface area contributed by atoms with Gasteiger partial charge in [-0.05, 0) is 32.1 Å². The lowest BCUT2D eigenvalue weighted by atomic mass is 10.1. The van der Waals surface area contributed by atoms with Gasteiger partial charge in [0.25, 0.3) is 5.91 Å². The van der Waals surface area contributed by atoms with E-state index in [-0.39, 0.29) is 5.91 Å². The van der Waals surface area contributed by atoms with Gasteiger partial charge in [-0.2, -0.15) is 0 Å². The van der Waals surface area contributed by atoms with Crippen molar-refractivity contribution in [3.8, 4) is 0 Å². The second-order valence-corrected chi connectivity index (χ2v) is 5.61. The highest BCUT2D eigenvalue weighted by Crippen LogP contribution is 2.30. The molecule has 0 spiro atoms. The molecule has 5 heteroatoms. The number of aromatic nitrogens is 1. The highest BCUT2D eigenvalue weighted by atomic mass is 79.9. The third-order valence-corrected chi connectivity index (χ3v) is 3.71. The number of hydrogen-bond donors (Lipinski definition) is 1. The van der Waals surface area contributed by atoms with Gasteiger partial charge < -0.3 is 9.84 Å². The van der Waals surface area contributed by atoms with Crippen molar-refractivity contribution in [3.05, 3.63) is 17.5 Å². The molecule has 1 aliphatic rings. The Hall–Kier alpha value is -0.840. The van der Waals surface area contributed by atoms with E-state index in [1.54, 1.807) is 13.0 Å². The summed E-state index contributed by atoms with van der Waals surface area (Å²) >= 11 is 3.59. The number of nitrogens with zero attached hydrogens (tertiary/aromatic N) is 1. The Morgan fingerprint density at radius 2 is 2.50 bits per heavy atom. The molecule has 1 aromatic heterocycles. The fraction of sp³-hybridized carbons (Fsp3) is 0.636. The van der Waals surface area contributed by atoms with Crippen LogP contribution in [0, 0.1) is 12.8 Å². The minimum Gasteiger partial charge on any atom is -0.351 e. The average molecular weight is 287 g/mol. The third kappa shape index (κ3) is 2.84. The summed E-state index contributed by atoms with van der Waals surface area (Å²) in [7, 11) is 0. The van der Waals surface area contributed by atoms with Crippen molar-refractivity contribution in [3.63, 3.8) is 0 Å². The van der Waals surface area contributed by atoms with Crippen molar-refractivity contribution in [1.29, 1.82) is 0 Å². The van der Waals surface area contributed by atoms with Gasteiger partial charge in [-0.25, -0.2) is 0 Å². The summed E-state index contributed by atoms with van der Waals surface area (Å²) in [6, 6.07) is 1.65. The minimum absolute atomic E-state index is 0.168. The van der Waals surface area contributed by atoms with E-state index in [2.05, 4.69) is 26.4 Å². The molecule has 0 radical (unpaired) electrons. The summed E-state index contributed by atoms with van der Waals surface area (Å²) in [4.78, 5) is 12.3. The van der Waals surface area contributed by atoms with Crippen molar-refractivity contribution in [2.24, 2.45) is 5.92 Å². The van der Waals surface area contributed by atoms with Crippen LogP contribution in [0.1, 0.15) is 35.5 Å². The van der Waals surface area contributed by atoms with E-state index in [4.69, 9.17) is 4.52 Å². The van der Waals surface area contributed by atoms with Crippen molar-refractivity contribution in [2.45, 2.75) is 31.0 Å². The maximum Gasteiger partial charge on any atom is 0.289 e. The molecule has 0 saturated heterocycles. The summed E-state index contributed by atoms with van der Waals surface area (Å²) in [6.45, 7) is 2.52. The molecular weight excluding hydrogens is 272 g/mol. The van der Waals surface area contributed by atoms with Crippen LogP contribution in [0.15, 0.2) is 10.6 Å². The lowest BCUT2D eigenvalue weighted by Crippen LogP contribution is -2.28. The summed E-state index contributed by atoms with van der Waals surface area (Å²) in [5.74, 6) is 0.710. The van der Waals surface area contributed by atoms with E-state index in [0.717, 1.165) is 18.7 Å². The van der Waals surface area contributed by atoms with Gasteiger partial charge in [0.15, 0.2) is 0 Å². The van der Waals surface area contributed by atoms with Gasteiger partial charge in [0, 0.05) is 17.4 Å². The molecule has 4 nitrogen and oxygen atoms in total. The zero-order chi connectivity index (χ0) is 11.5. The second-order valence-electron chi connectivity index (χ2n) is 4.32. The highest BCUT2D eigenvalue weighted by Gasteiger charge is 2.23. The molecule has 0 aromatic carbocycles. The number of aryl methyl sites for hydroxylation is 1. The lowest BCUT2D eigenvalue weighted by molar-refractivity contribution is 0.0910. The van der Waals surface area contributed by atoms with Crippen molar-refractivity contribution < 1.29 is 9.32 Å². The number of nitrogens with one attached hydrogen (secondary N) is 1. The Labute approximate surface area is 103 Å². The molecule has 1 amide bonds. The smallest absolute Gasteiger partial charge is 0.289 e. The standard InChI is InChI=1S/C11H15BrN2O2/c1-7-4-10(16-14-7)11(15)13-6-8-2-3-9(12)5-8/h4,8-9H,2-3,5-6H2,1H3,(H,13,15).